The number of nitrogens with zero attached hydrogens (tertiary/aromatic N) is 2. The number of fused-ring (bicyclic) bond motifs is 1. The van der Waals surface area contributed by atoms with Gasteiger partial charge in [-0.15, -0.1) is 0 Å². The highest BCUT2D eigenvalue weighted by atomic mass is 35.5. The van der Waals surface area contributed by atoms with Gasteiger partial charge in [-0.1, -0.05) is 60.1 Å². The Labute approximate surface area is 245 Å². The van der Waals surface area contributed by atoms with Crippen LogP contribution in [-0.2, 0) is 11.4 Å². The lowest BCUT2D eigenvalue weighted by atomic mass is 9.74. The van der Waals surface area contributed by atoms with Crippen molar-refractivity contribution in [2.24, 2.45) is 5.73 Å². The summed E-state index contributed by atoms with van der Waals surface area (Å²) >= 11 is 6.03. The number of nitrogens with two attached hydrogens (primary N) is 1. The first-order valence-electron chi connectivity index (χ1n) is 13.8. The summed E-state index contributed by atoms with van der Waals surface area (Å²) in [6.45, 7) is 4.42. The van der Waals surface area contributed by atoms with E-state index in [1.54, 1.807) is 12.1 Å². The van der Waals surface area contributed by atoms with Crippen LogP contribution in [0.1, 0.15) is 47.4 Å². The number of halogens is 1. The summed E-state index contributed by atoms with van der Waals surface area (Å²) in [5.74, 6) is 0.624. The van der Waals surface area contributed by atoms with Gasteiger partial charge in [0, 0.05) is 28.1 Å². The molecule has 2 N–H and O–H groups in total. The summed E-state index contributed by atoms with van der Waals surface area (Å²) in [5, 5.41) is 13.3. The Morgan fingerprint density at radius 2 is 1.76 bits per heavy atom. The fraction of sp³-hybridized carbons (Fsp3) is 0.200. The number of nitriles is 1. The van der Waals surface area contributed by atoms with Crippen molar-refractivity contribution in [1.29, 1.82) is 5.26 Å². The summed E-state index contributed by atoms with van der Waals surface area (Å²) in [7, 11) is 0. The first kappa shape index (κ1) is 26.7. The second-order valence-electron chi connectivity index (χ2n) is 10.7. The van der Waals surface area contributed by atoms with Gasteiger partial charge in [0.25, 0.3) is 0 Å². The third-order valence-electron chi connectivity index (χ3n) is 8.16. The molecule has 204 valence electrons. The smallest absolute Gasteiger partial charge is 0.161 e. The SMILES string of the molecule is Cc1cc(C)c(C2C(C#N)=C(N)N(c3cccc4ccccc34)C3=C2C(=O)CCC3)cc1COc1ccc(Cl)cc1. The second-order valence-corrected chi connectivity index (χ2v) is 11.1. The molecule has 0 aromatic heterocycles. The fourth-order valence-electron chi connectivity index (χ4n) is 6.15. The van der Waals surface area contributed by atoms with E-state index < -0.39 is 5.92 Å². The number of ketones is 1. The van der Waals surface area contributed by atoms with Gasteiger partial charge in [-0.2, -0.15) is 5.26 Å². The Morgan fingerprint density at radius 1 is 1.00 bits per heavy atom. The summed E-state index contributed by atoms with van der Waals surface area (Å²) in [5.41, 5.74) is 13.7. The summed E-state index contributed by atoms with van der Waals surface area (Å²) in [6.07, 6.45) is 1.90. The third kappa shape index (κ3) is 4.75. The number of allylic oxidation sites excluding steroid dienone is 3. The Bertz CT molecular complexity index is 1790. The van der Waals surface area contributed by atoms with E-state index in [4.69, 9.17) is 22.1 Å². The highest BCUT2D eigenvalue weighted by Crippen LogP contribution is 2.48. The maximum Gasteiger partial charge on any atom is 0.161 e. The number of hydrogen-bond acceptors (Lipinski definition) is 5. The quantitative estimate of drug-likeness (QED) is 0.268. The van der Waals surface area contributed by atoms with Crippen molar-refractivity contribution in [2.75, 3.05) is 4.90 Å². The number of carbonyl (C=O) groups is 1. The van der Waals surface area contributed by atoms with E-state index in [9.17, 15) is 10.1 Å². The zero-order valence-electron chi connectivity index (χ0n) is 23.1. The largest absolute Gasteiger partial charge is 0.489 e. The monoisotopic (exact) mass is 559 g/mol. The molecule has 6 rings (SSSR count). The number of hydrogen-bond donors (Lipinski definition) is 1. The van der Waals surface area contributed by atoms with Crippen molar-refractivity contribution < 1.29 is 9.53 Å². The van der Waals surface area contributed by atoms with Gasteiger partial charge >= 0.3 is 0 Å². The average Bonchev–Trinajstić information content (AvgIpc) is 2.97. The first-order chi connectivity index (χ1) is 19.9. The van der Waals surface area contributed by atoms with Gasteiger partial charge in [0.05, 0.1) is 23.2 Å². The molecule has 4 aromatic rings. The molecule has 41 heavy (non-hydrogen) atoms. The first-order valence-corrected chi connectivity index (χ1v) is 14.2. The molecule has 1 atom stereocenters. The van der Waals surface area contributed by atoms with Gasteiger partial charge in [0.15, 0.2) is 5.78 Å². The van der Waals surface area contributed by atoms with Crippen molar-refractivity contribution in [3.8, 4) is 11.8 Å². The Hall–Kier alpha value is -4.53. The van der Waals surface area contributed by atoms with Crippen molar-refractivity contribution >= 4 is 33.8 Å². The average molecular weight is 560 g/mol. The molecule has 6 heteroatoms. The zero-order valence-corrected chi connectivity index (χ0v) is 23.8. The van der Waals surface area contributed by atoms with Crippen LogP contribution >= 0.6 is 11.6 Å². The van der Waals surface area contributed by atoms with Gasteiger partial charge < -0.3 is 10.5 Å². The van der Waals surface area contributed by atoms with Crippen molar-refractivity contribution in [3.63, 3.8) is 0 Å². The highest BCUT2D eigenvalue weighted by molar-refractivity contribution is 6.30. The van der Waals surface area contributed by atoms with Crippen LogP contribution in [0.15, 0.2) is 102 Å². The molecule has 1 aliphatic carbocycles. The van der Waals surface area contributed by atoms with E-state index in [0.717, 1.165) is 50.8 Å². The van der Waals surface area contributed by atoms with E-state index in [2.05, 4.69) is 36.4 Å². The van der Waals surface area contributed by atoms with E-state index in [-0.39, 0.29) is 5.78 Å². The second kappa shape index (κ2) is 10.8. The summed E-state index contributed by atoms with van der Waals surface area (Å²) in [6, 6.07) is 28.0. The molecule has 0 saturated carbocycles. The molecule has 0 saturated heterocycles. The lowest BCUT2D eigenvalue weighted by Crippen LogP contribution is -2.39. The number of rotatable bonds is 5. The predicted octanol–water partition coefficient (Wildman–Crippen LogP) is 7.99. The van der Waals surface area contributed by atoms with Crippen molar-refractivity contribution in [3.05, 3.63) is 129 Å². The van der Waals surface area contributed by atoms with E-state index in [1.807, 2.05) is 55.1 Å². The van der Waals surface area contributed by atoms with Crippen LogP contribution in [0.5, 0.6) is 5.75 Å². The molecule has 0 radical (unpaired) electrons. The topological polar surface area (TPSA) is 79.4 Å². The molecule has 4 aromatic carbocycles. The third-order valence-corrected chi connectivity index (χ3v) is 8.42. The molecular formula is C35H30ClN3O2. The van der Waals surface area contributed by atoms with Crippen LogP contribution in [0, 0.1) is 25.2 Å². The standard InChI is InChI=1S/C35H30ClN3O2/c1-21-17-22(2)28(18-24(21)20-41-26-15-13-25(36)14-16-26)33-29(19-37)35(38)39(31-11-6-12-32(40)34(31)33)30-10-5-8-23-7-3-4-9-27(23)30/h3-5,7-10,13-18,33H,6,11-12,20,38H2,1-2H3. The van der Waals surface area contributed by atoms with Gasteiger partial charge in [0.2, 0.25) is 0 Å². The van der Waals surface area contributed by atoms with Crippen LogP contribution in [0.2, 0.25) is 5.02 Å². The van der Waals surface area contributed by atoms with Crippen LogP contribution < -0.4 is 15.4 Å². The van der Waals surface area contributed by atoms with E-state index in [0.29, 0.717) is 47.2 Å². The molecule has 1 unspecified atom stereocenters. The maximum absolute atomic E-state index is 13.7. The predicted molar refractivity (Wildman–Crippen MR) is 164 cm³/mol. The maximum atomic E-state index is 13.7. The van der Waals surface area contributed by atoms with E-state index >= 15 is 0 Å². The Morgan fingerprint density at radius 3 is 2.54 bits per heavy atom. The van der Waals surface area contributed by atoms with Gasteiger partial charge in [-0.05, 0) is 84.7 Å². The van der Waals surface area contributed by atoms with Crippen LogP contribution in [0.4, 0.5) is 5.69 Å². The number of ether oxygens (including phenoxy) is 1. The zero-order chi connectivity index (χ0) is 28.7. The number of Topliss-reactive ketones (excluding diaryl/α,β-unsaturated/α-hetero) is 1. The van der Waals surface area contributed by atoms with E-state index in [1.165, 1.54) is 0 Å². The minimum Gasteiger partial charge on any atom is -0.489 e. The number of benzene rings is 4. The Kier molecular flexibility index (Phi) is 7.03. The van der Waals surface area contributed by atoms with Crippen molar-refractivity contribution in [2.45, 2.75) is 45.6 Å². The fourth-order valence-corrected chi connectivity index (χ4v) is 6.28. The minimum absolute atomic E-state index is 0.0701. The van der Waals surface area contributed by atoms with Crippen molar-refractivity contribution in [1.82, 2.24) is 0 Å². The highest BCUT2D eigenvalue weighted by Gasteiger charge is 2.41. The van der Waals surface area contributed by atoms with Crippen LogP contribution in [0.3, 0.4) is 0 Å². The van der Waals surface area contributed by atoms with Gasteiger partial charge in [0.1, 0.15) is 18.2 Å². The molecule has 2 aliphatic rings. The molecule has 0 amide bonds. The van der Waals surface area contributed by atoms with Crippen LogP contribution in [0.25, 0.3) is 10.8 Å². The Balaban J connectivity index is 1.49. The van der Waals surface area contributed by atoms with Crippen LogP contribution in [-0.4, -0.2) is 5.78 Å². The molecule has 0 spiro atoms. The molecule has 1 aliphatic heterocycles. The summed E-state index contributed by atoms with van der Waals surface area (Å²) in [4.78, 5) is 15.7. The number of anilines is 1. The molecule has 5 nitrogen and oxygen atoms in total. The lowest BCUT2D eigenvalue weighted by Gasteiger charge is -2.40. The summed E-state index contributed by atoms with van der Waals surface area (Å²) < 4.78 is 6.08. The molecular weight excluding hydrogens is 530 g/mol. The molecule has 0 fully saturated rings. The lowest BCUT2D eigenvalue weighted by molar-refractivity contribution is -0.116. The normalized spacial score (nSPS) is 17.1. The minimum atomic E-state index is -0.538. The molecule has 0 bridgehead atoms. The van der Waals surface area contributed by atoms with Gasteiger partial charge in [-0.25, -0.2) is 0 Å². The molecule has 1 heterocycles. The number of aryl methyl sites for hydroxylation is 2. The number of carbonyl (C=O) groups excluding carboxylic acids is 1. The van der Waals surface area contributed by atoms with Gasteiger partial charge in [-0.3, -0.25) is 9.69 Å².